The van der Waals surface area contributed by atoms with E-state index in [2.05, 4.69) is 23.4 Å². The number of benzene rings is 1. The number of azo groups is 1. The summed E-state index contributed by atoms with van der Waals surface area (Å²) in [5.74, 6) is 0. The third-order valence-electron chi connectivity index (χ3n) is 1.85. The second kappa shape index (κ2) is 6.19. The Balaban J connectivity index is 2.67. The van der Waals surface area contributed by atoms with E-state index in [4.69, 9.17) is 5.26 Å². The fourth-order valence-corrected chi connectivity index (χ4v) is 0.996. The molecule has 0 radical (unpaired) electrons. The lowest BCUT2D eigenvalue weighted by molar-refractivity contribution is 1.18. The molecule has 1 rings (SSSR count). The summed E-state index contributed by atoms with van der Waals surface area (Å²) in [7, 11) is 0. The molecule has 0 bridgehead atoms. The highest BCUT2D eigenvalue weighted by Gasteiger charge is 1.91. The van der Waals surface area contributed by atoms with Crippen LogP contribution in [0.2, 0.25) is 0 Å². The minimum atomic E-state index is 0.553. The Kier molecular flexibility index (Phi) is 4.58. The standard InChI is InChI=1S/C14H13N3/c1-11(2)4-5-12(3)16-17-14-8-6-13(10-15)7-9-14/h4-9H,1,3H2,2H3/b5-4-,17-16?. The summed E-state index contributed by atoms with van der Waals surface area (Å²) in [5.41, 5.74) is 2.77. The number of nitrogens with zero attached hydrogens (tertiary/aromatic N) is 3. The van der Waals surface area contributed by atoms with Crippen LogP contribution in [0.25, 0.3) is 0 Å². The SMILES string of the molecule is C=C(C)/C=C\C(=C)N=Nc1ccc(C#N)cc1. The highest BCUT2D eigenvalue weighted by atomic mass is 15.1. The van der Waals surface area contributed by atoms with Crippen LogP contribution in [0.5, 0.6) is 0 Å². The molecule has 1 aromatic carbocycles. The predicted octanol–water partition coefficient (Wildman–Crippen LogP) is 4.29. The van der Waals surface area contributed by atoms with E-state index in [0.29, 0.717) is 16.9 Å². The van der Waals surface area contributed by atoms with Gasteiger partial charge in [-0.15, -0.1) is 0 Å². The molecule has 0 aliphatic carbocycles. The first-order valence-corrected chi connectivity index (χ1v) is 5.06. The lowest BCUT2D eigenvalue weighted by Crippen LogP contribution is -1.71. The van der Waals surface area contributed by atoms with Gasteiger partial charge in [-0.1, -0.05) is 24.8 Å². The average Bonchev–Trinajstić information content (AvgIpc) is 2.34. The van der Waals surface area contributed by atoms with Crippen LogP contribution in [0.15, 0.2) is 71.1 Å². The molecule has 17 heavy (non-hydrogen) atoms. The second-order valence-corrected chi connectivity index (χ2v) is 3.53. The van der Waals surface area contributed by atoms with Crippen molar-refractivity contribution in [1.82, 2.24) is 0 Å². The molecule has 0 unspecified atom stereocenters. The monoisotopic (exact) mass is 223 g/mol. The molecular weight excluding hydrogens is 210 g/mol. The van der Waals surface area contributed by atoms with E-state index in [1.54, 1.807) is 30.3 Å². The third-order valence-corrected chi connectivity index (χ3v) is 1.85. The van der Waals surface area contributed by atoms with Crippen molar-refractivity contribution in [3.63, 3.8) is 0 Å². The van der Waals surface area contributed by atoms with Crippen LogP contribution in [0.1, 0.15) is 12.5 Å². The van der Waals surface area contributed by atoms with Crippen molar-refractivity contribution < 1.29 is 0 Å². The fraction of sp³-hybridized carbons (Fsp3) is 0.0714. The molecule has 3 nitrogen and oxygen atoms in total. The van der Waals surface area contributed by atoms with Gasteiger partial charge in [0.2, 0.25) is 0 Å². The summed E-state index contributed by atoms with van der Waals surface area (Å²) in [6.07, 6.45) is 3.57. The van der Waals surface area contributed by atoms with Gasteiger partial charge in [-0.05, 0) is 37.3 Å². The third kappa shape index (κ3) is 4.72. The predicted molar refractivity (Wildman–Crippen MR) is 68.8 cm³/mol. The van der Waals surface area contributed by atoms with E-state index in [1.165, 1.54) is 0 Å². The van der Waals surface area contributed by atoms with Gasteiger partial charge in [-0.3, -0.25) is 0 Å². The Morgan fingerprint density at radius 1 is 1.24 bits per heavy atom. The maximum absolute atomic E-state index is 8.63. The maximum atomic E-state index is 8.63. The molecule has 0 aliphatic rings. The van der Waals surface area contributed by atoms with Gasteiger partial charge in [-0.25, -0.2) is 0 Å². The van der Waals surface area contributed by atoms with Crippen molar-refractivity contribution in [3.05, 3.63) is 66.4 Å². The molecule has 0 heterocycles. The lowest BCUT2D eigenvalue weighted by atomic mass is 10.2. The summed E-state index contributed by atoms with van der Waals surface area (Å²) in [5, 5.41) is 16.6. The van der Waals surface area contributed by atoms with Crippen LogP contribution in [0.3, 0.4) is 0 Å². The second-order valence-electron chi connectivity index (χ2n) is 3.53. The Morgan fingerprint density at radius 2 is 1.88 bits per heavy atom. The van der Waals surface area contributed by atoms with Gasteiger partial charge in [0.15, 0.2) is 0 Å². The van der Waals surface area contributed by atoms with E-state index in [0.717, 1.165) is 5.57 Å². The zero-order chi connectivity index (χ0) is 12.7. The molecule has 1 aromatic rings. The van der Waals surface area contributed by atoms with E-state index < -0.39 is 0 Å². The summed E-state index contributed by atoms with van der Waals surface area (Å²) < 4.78 is 0. The Labute approximate surface area is 101 Å². The van der Waals surface area contributed by atoms with E-state index >= 15 is 0 Å². The highest BCUT2D eigenvalue weighted by Crippen LogP contribution is 2.14. The molecule has 0 aliphatic heterocycles. The molecular formula is C14H13N3. The van der Waals surface area contributed by atoms with Crippen LogP contribution in [0, 0.1) is 11.3 Å². The average molecular weight is 223 g/mol. The van der Waals surface area contributed by atoms with Gasteiger partial charge < -0.3 is 0 Å². The quantitative estimate of drug-likeness (QED) is 0.554. The topological polar surface area (TPSA) is 48.5 Å². The van der Waals surface area contributed by atoms with Crippen LogP contribution in [-0.2, 0) is 0 Å². The van der Waals surface area contributed by atoms with Gasteiger partial charge in [0, 0.05) is 0 Å². The minimum Gasteiger partial charge on any atom is -0.192 e. The molecule has 0 aromatic heterocycles. The van der Waals surface area contributed by atoms with E-state index in [9.17, 15) is 0 Å². The first kappa shape index (κ1) is 12.6. The molecule has 0 spiro atoms. The molecule has 0 N–H and O–H groups in total. The molecule has 0 saturated carbocycles. The number of nitriles is 1. The summed E-state index contributed by atoms with van der Waals surface area (Å²) in [6, 6.07) is 8.90. The smallest absolute Gasteiger partial charge is 0.0991 e. The Hall–Kier alpha value is -2.47. The summed E-state index contributed by atoms with van der Waals surface area (Å²) in [6.45, 7) is 9.36. The van der Waals surface area contributed by atoms with Crippen molar-refractivity contribution in [2.75, 3.05) is 0 Å². The zero-order valence-electron chi connectivity index (χ0n) is 9.72. The summed E-state index contributed by atoms with van der Waals surface area (Å²) >= 11 is 0. The van der Waals surface area contributed by atoms with Crippen LogP contribution in [-0.4, -0.2) is 0 Å². The van der Waals surface area contributed by atoms with E-state index in [1.807, 2.05) is 19.1 Å². The van der Waals surface area contributed by atoms with Crippen LogP contribution >= 0.6 is 0 Å². The van der Waals surface area contributed by atoms with Crippen molar-refractivity contribution in [2.45, 2.75) is 6.92 Å². The van der Waals surface area contributed by atoms with Gasteiger partial charge in [0.25, 0.3) is 0 Å². The minimum absolute atomic E-state index is 0.553. The summed E-state index contributed by atoms with van der Waals surface area (Å²) in [4.78, 5) is 0. The lowest BCUT2D eigenvalue weighted by Gasteiger charge is -1.92. The Bertz CT molecular complexity index is 513. The number of hydrogen-bond donors (Lipinski definition) is 0. The van der Waals surface area contributed by atoms with Crippen molar-refractivity contribution in [2.24, 2.45) is 10.2 Å². The maximum Gasteiger partial charge on any atom is 0.0991 e. The van der Waals surface area contributed by atoms with Crippen molar-refractivity contribution in [1.29, 1.82) is 5.26 Å². The first-order chi connectivity index (χ1) is 8.11. The Morgan fingerprint density at radius 3 is 2.41 bits per heavy atom. The molecule has 0 saturated heterocycles. The largest absolute Gasteiger partial charge is 0.192 e. The van der Waals surface area contributed by atoms with Crippen molar-refractivity contribution >= 4 is 5.69 Å². The molecule has 0 fully saturated rings. The number of allylic oxidation sites excluding steroid dienone is 3. The van der Waals surface area contributed by atoms with Gasteiger partial charge in [0.1, 0.15) is 0 Å². The molecule has 84 valence electrons. The van der Waals surface area contributed by atoms with Crippen LogP contribution < -0.4 is 0 Å². The van der Waals surface area contributed by atoms with Gasteiger partial charge in [-0.2, -0.15) is 15.5 Å². The van der Waals surface area contributed by atoms with Gasteiger partial charge >= 0.3 is 0 Å². The normalized spacial score (nSPS) is 10.6. The molecule has 0 amide bonds. The first-order valence-electron chi connectivity index (χ1n) is 5.06. The van der Waals surface area contributed by atoms with Crippen LogP contribution in [0.4, 0.5) is 5.69 Å². The number of rotatable bonds is 4. The fourth-order valence-electron chi connectivity index (χ4n) is 0.996. The molecule has 3 heteroatoms. The molecule has 0 atom stereocenters. The highest BCUT2D eigenvalue weighted by molar-refractivity contribution is 5.42. The van der Waals surface area contributed by atoms with Gasteiger partial charge in [0.05, 0.1) is 23.0 Å². The van der Waals surface area contributed by atoms with Crippen molar-refractivity contribution in [3.8, 4) is 6.07 Å². The van der Waals surface area contributed by atoms with E-state index in [-0.39, 0.29) is 0 Å². The zero-order valence-corrected chi connectivity index (χ0v) is 9.72. The number of hydrogen-bond acceptors (Lipinski definition) is 3.